The molecular formula is C35H49N5O8S2. The van der Waals surface area contributed by atoms with Gasteiger partial charge in [-0.25, -0.2) is 21.7 Å². The summed E-state index contributed by atoms with van der Waals surface area (Å²) in [6.07, 6.45) is 2.53. The summed E-state index contributed by atoms with van der Waals surface area (Å²) < 4.78 is 63.8. The maximum absolute atomic E-state index is 13.9. The predicted octanol–water partition coefficient (Wildman–Crippen LogP) is 5.94. The van der Waals surface area contributed by atoms with Crippen molar-refractivity contribution in [1.82, 2.24) is 8.61 Å². The highest BCUT2D eigenvalue weighted by molar-refractivity contribution is 7.89. The number of anilines is 1. The van der Waals surface area contributed by atoms with Gasteiger partial charge in [0.25, 0.3) is 0 Å². The van der Waals surface area contributed by atoms with Gasteiger partial charge in [0.2, 0.25) is 26.8 Å². The van der Waals surface area contributed by atoms with Crippen LogP contribution in [0.2, 0.25) is 0 Å². The summed E-state index contributed by atoms with van der Waals surface area (Å²) in [5, 5.41) is 4.48. The van der Waals surface area contributed by atoms with Gasteiger partial charge in [-0.3, -0.25) is 10.3 Å². The van der Waals surface area contributed by atoms with Gasteiger partial charge in [-0.1, -0.05) is 60.1 Å². The Morgan fingerprint density at radius 1 is 0.840 bits per heavy atom. The van der Waals surface area contributed by atoms with Crippen molar-refractivity contribution in [1.29, 1.82) is 0 Å². The topological polar surface area (TPSA) is 178 Å². The van der Waals surface area contributed by atoms with Gasteiger partial charge >= 0.3 is 5.97 Å². The van der Waals surface area contributed by atoms with Crippen molar-refractivity contribution in [2.24, 2.45) is 40.5 Å². The number of fused-ring (bicyclic) bond motifs is 2. The Bertz CT molecular complexity index is 1840. The summed E-state index contributed by atoms with van der Waals surface area (Å²) in [7, 11) is -7.90. The minimum atomic E-state index is -3.95. The van der Waals surface area contributed by atoms with Crippen molar-refractivity contribution in [3.63, 3.8) is 0 Å². The van der Waals surface area contributed by atoms with Gasteiger partial charge in [-0.05, 0) is 71.9 Å². The first kappa shape index (κ1) is 38.0. The summed E-state index contributed by atoms with van der Waals surface area (Å²) in [6.45, 7) is 12.8. The maximum Gasteiger partial charge on any atom is 0.325 e. The summed E-state index contributed by atoms with van der Waals surface area (Å²) in [5.41, 5.74) is 8.98. The molecule has 3 N–H and O–H groups in total. The molecule has 2 unspecified atom stereocenters. The molecule has 2 aliphatic heterocycles. The van der Waals surface area contributed by atoms with Crippen molar-refractivity contribution < 1.29 is 31.2 Å². The summed E-state index contributed by atoms with van der Waals surface area (Å²) >= 11 is 0. The third-order valence-electron chi connectivity index (χ3n) is 10.0. The second kappa shape index (κ2) is 15.2. The monoisotopic (exact) mass is 731 g/mol. The molecule has 0 amide bonds. The Morgan fingerprint density at radius 3 is 1.68 bits per heavy atom. The lowest BCUT2D eigenvalue weighted by Gasteiger charge is -2.34. The van der Waals surface area contributed by atoms with Gasteiger partial charge in [-0.15, -0.1) is 4.91 Å². The van der Waals surface area contributed by atoms with E-state index in [1.165, 1.54) is 32.9 Å². The van der Waals surface area contributed by atoms with Crippen LogP contribution in [0.1, 0.15) is 60.8 Å². The molecule has 5 rings (SSSR count). The molecule has 0 aromatic heterocycles. The second-order valence-electron chi connectivity index (χ2n) is 14.5. The number of ether oxygens (including phenoxy) is 1. The number of nitrogens with one attached hydrogen (secondary N) is 1. The average Bonchev–Trinajstić information content (AvgIpc) is 3.07. The van der Waals surface area contributed by atoms with E-state index in [0.717, 1.165) is 12.8 Å². The maximum atomic E-state index is 13.9. The normalized spacial score (nSPS) is 23.8. The molecule has 0 aliphatic carbocycles. The number of nitroso groups, excluding NO2 is 1. The quantitative estimate of drug-likeness (QED) is 0.0566. The van der Waals surface area contributed by atoms with Crippen LogP contribution < -0.4 is 11.2 Å². The Labute approximate surface area is 294 Å². The van der Waals surface area contributed by atoms with E-state index in [0.29, 0.717) is 49.1 Å². The van der Waals surface area contributed by atoms with Crippen molar-refractivity contribution >= 4 is 58.9 Å². The van der Waals surface area contributed by atoms with Crippen LogP contribution in [0.4, 0.5) is 11.4 Å². The van der Waals surface area contributed by atoms with Crippen LogP contribution in [0.5, 0.6) is 0 Å². The molecular weight excluding hydrogens is 683 g/mol. The Hall–Kier alpha value is -3.21. The van der Waals surface area contributed by atoms with E-state index in [1.54, 1.807) is 12.1 Å². The van der Waals surface area contributed by atoms with Crippen molar-refractivity contribution in [3.8, 4) is 0 Å². The fraction of sp³-hybridized carbons (Fsp3) is 0.571. The number of carbonyl (C=O) groups excluding carboxylic acids is 1. The minimum Gasteiger partial charge on any atom is -0.435 e. The van der Waals surface area contributed by atoms with Crippen LogP contribution in [-0.4, -0.2) is 70.4 Å². The number of rotatable bonds is 12. The van der Waals surface area contributed by atoms with E-state index < -0.39 is 38.9 Å². The zero-order valence-corrected chi connectivity index (χ0v) is 31.2. The number of piperidine rings is 2. The largest absolute Gasteiger partial charge is 0.435 e. The summed E-state index contributed by atoms with van der Waals surface area (Å²) in [4.78, 5) is 30.6. The molecule has 50 heavy (non-hydrogen) atoms. The molecule has 0 radical (unpaired) electrons. The Balaban J connectivity index is 1.61. The zero-order chi connectivity index (χ0) is 36.5. The highest BCUT2D eigenvalue weighted by atomic mass is 32.2. The molecule has 6 atom stereocenters. The first-order chi connectivity index (χ1) is 23.6. The number of hydrogen-bond acceptors (Lipinski definition) is 11. The van der Waals surface area contributed by atoms with Crippen LogP contribution in [-0.2, 0) is 34.4 Å². The van der Waals surface area contributed by atoms with Crippen LogP contribution in [0, 0.1) is 34.5 Å². The molecule has 2 saturated heterocycles. The van der Waals surface area contributed by atoms with E-state index in [-0.39, 0.29) is 55.8 Å². The van der Waals surface area contributed by atoms with Gasteiger partial charge in [0, 0.05) is 47.7 Å². The number of benzene rings is 3. The molecule has 0 saturated carbocycles. The van der Waals surface area contributed by atoms with Crippen molar-refractivity contribution in [2.45, 2.75) is 76.6 Å². The molecule has 2 aliphatic rings. The first-order valence-electron chi connectivity index (χ1n) is 17.3. The highest BCUT2D eigenvalue weighted by Crippen LogP contribution is 2.44. The second-order valence-corrected chi connectivity index (χ2v) is 18.4. The van der Waals surface area contributed by atoms with Crippen LogP contribution >= 0.6 is 0 Å². The predicted molar refractivity (Wildman–Crippen MR) is 193 cm³/mol. The van der Waals surface area contributed by atoms with E-state index in [9.17, 15) is 26.5 Å². The van der Waals surface area contributed by atoms with Gasteiger partial charge < -0.3 is 10.5 Å². The molecule has 3 aromatic carbocycles. The molecule has 3 aromatic rings. The fourth-order valence-electron chi connectivity index (χ4n) is 7.37. The Morgan fingerprint density at radius 2 is 1.28 bits per heavy atom. The number of nitrogens with zero attached hydrogens (tertiary/aromatic N) is 3. The lowest BCUT2D eigenvalue weighted by molar-refractivity contribution is -0.156. The van der Waals surface area contributed by atoms with Gasteiger partial charge in [0.15, 0.2) is 0 Å². The summed E-state index contributed by atoms with van der Waals surface area (Å²) in [5.74, 6) is -0.0215. The number of carbonyl (C=O) groups is 1. The number of sulfonamides is 2. The fourth-order valence-corrected chi connectivity index (χ4v) is 10.8. The van der Waals surface area contributed by atoms with Crippen LogP contribution in [0.25, 0.3) is 21.5 Å². The highest BCUT2D eigenvalue weighted by Gasteiger charge is 2.34. The third kappa shape index (κ3) is 7.67. The van der Waals surface area contributed by atoms with E-state index >= 15 is 0 Å². The van der Waals surface area contributed by atoms with Gasteiger partial charge in [-0.2, -0.15) is 8.61 Å². The lowest BCUT2D eigenvalue weighted by Crippen LogP contribution is -2.42. The third-order valence-corrected chi connectivity index (χ3v) is 13.7. The van der Waals surface area contributed by atoms with Crippen molar-refractivity contribution in [2.75, 3.05) is 38.5 Å². The molecule has 0 bridgehead atoms. The zero-order valence-electron chi connectivity index (χ0n) is 29.6. The van der Waals surface area contributed by atoms with Crippen LogP contribution in [0.3, 0.4) is 0 Å². The smallest absolute Gasteiger partial charge is 0.325 e. The van der Waals surface area contributed by atoms with Gasteiger partial charge in [0.05, 0.1) is 15.5 Å². The number of esters is 1. The molecule has 0 spiro atoms. The number of hydrogen-bond donors (Lipinski definition) is 2. The standard InChI is InChI=1S/C35H49N5O8S2/c1-7-25(6)32(36)35(41)47-20-48-38-34-28-10-8-26(49(43,44)39-16-21(2)12-22(3)17-39)14-30(28)33(37-42)31-15-27(9-11-29(31)34)50(45,46)40-18-23(4)13-24(5)19-40/h8-11,14-15,21-25,32,38H,7,12-13,16-20,36H2,1-6H3/t21-,22+,23-,24+,25?,32?. The first-order valence-corrected chi connectivity index (χ1v) is 20.1. The van der Waals surface area contributed by atoms with E-state index in [4.69, 9.17) is 15.3 Å². The molecule has 2 heterocycles. The average molecular weight is 732 g/mol. The summed E-state index contributed by atoms with van der Waals surface area (Å²) in [6, 6.07) is 8.02. The number of nitrogens with two attached hydrogens (primary N) is 1. The van der Waals surface area contributed by atoms with Gasteiger partial charge in [0.1, 0.15) is 11.7 Å². The SMILES string of the molecule is CCC(C)C(N)C(=O)OCONc1c2ccc(S(=O)(=O)N3C[C@H](C)C[C@H](C)C3)cc2c(N=O)c2cc(S(=O)(=O)N3C[C@H](C)C[C@H](C)C3)ccc12. The van der Waals surface area contributed by atoms with Crippen LogP contribution in [0.15, 0.2) is 51.4 Å². The molecule has 274 valence electrons. The van der Waals surface area contributed by atoms with E-state index in [1.807, 2.05) is 41.5 Å². The molecule has 13 nitrogen and oxygen atoms in total. The minimum absolute atomic E-state index is 0.0181. The van der Waals surface area contributed by atoms with Crippen molar-refractivity contribution in [3.05, 3.63) is 41.3 Å². The lowest BCUT2D eigenvalue weighted by atomic mass is 9.94. The van der Waals surface area contributed by atoms with E-state index in [2.05, 4.69) is 10.7 Å². The Kier molecular flexibility index (Phi) is 11.5. The molecule has 2 fully saturated rings. The molecule has 15 heteroatoms.